The highest BCUT2D eigenvalue weighted by Gasteiger charge is 2.18. The van der Waals surface area contributed by atoms with Gasteiger partial charge in [-0.3, -0.25) is 9.13 Å². The van der Waals surface area contributed by atoms with Gasteiger partial charge in [-0.2, -0.15) is 4.98 Å². The third kappa shape index (κ3) is 4.75. The van der Waals surface area contributed by atoms with Crippen molar-refractivity contribution in [1.29, 1.82) is 0 Å². The highest BCUT2D eigenvalue weighted by Crippen LogP contribution is 2.17. The van der Waals surface area contributed by atoms with Crippen LogP contribution in [0.2, 0.25) is 0 Å². The Bertz CT molecular complexity index is 997. The molecule has 2 aromatic heterocycles. The molecule has 3 aromatic rings. The van der Waals surface area contributed by atoms with Gasteiger partial charge in [0, 0.05) is 0 Å². The summed E-state index contributed by atoms with van der Waals surface area (Å²) < 4.78 is 13.6. The maximum Gasteiger partial charge on any atom is 0.330 e. The smallest absolute Gasteiger partial charge is 0.330 e. The van der Waals surface area contributed by atoms with Gasteiger partial charge in [0.1, 0.15) is 11.3 Å². The van der Waals surface area contributed by atoms with E-state index in [1.165, 1.54) is 15.3 Å². The number of rotatable bonds is 10. The first-order valence-corrected chi connectivity index (χ1v) is 9.58. The molecule has 9 nitrogen and oxygen atoms in total. The number of unbranched alkanes of at least 4 members (excludes halogenated alkanes) is 1. The zero-order chi connectivity index (χ0) is 20.8. The number of methoxy groups -OCH3 is 1. The largest absolute Gasteiger partial charge is 0.497 e. The van der Waals surface area contributed by atoms with Gasteiger partial charge in [-0.05, 0) is 24.1 Å². The number of hydrogen-bond donors (Lipinski definition) is 2. The van der Waals surface area contributed by atoms with Crippen LogP contribution in [-0.4, -0.2) is 55.7 Å². The van der Waals surface area contributed by atoms with Crippen LogP contribution in [0.4, 0.5) is 0 Å². The molecule has 29 heavy (non-hydrogen) atoms. The predicted octanol–water partition coefficient (Wildman–Crippen LogP) is 1.18. The van der Waals surface area contributed by atoms with Crippen LogP contribution in [0, 0.1) is 0 Å². The molecular weight excluding hydrogens is 376 g/mol. The SMILES string of the molecule is CCCCOc1ncc2c(n1)n(Cc1ccc(OC)cc1)c(=O)n2C[C@H](O)CO. The molecule has 0 aliphatic heterocycles. The van der Waals surface area contributed by atoms with E-state index in [9.17, 15) is 15.0 Å². The summed E-state index contributed by atoms with van der Waals surface area (Å²) >= 11 is 0. The van der Waals surface area contributed by atoms with E-state index in [-0.39, 0.29) is 24.8 Å². The lowest BCUT2D eigenvalue weighted by Gasteiger charge is -2.08. The zero-order valence-corrected chi connectivity index (χ0v) is 16.6. The molecule has 3 rings (SSSR count). The molecular formula is C20H26N4O5. The first-order valence-electron chi connectivity index (χ1n) is 9.58. The molecule has 0 radical (unpaired) electrons. The van der Waals surface area contributed by atoms with E-state index in [1.807, 2.05) is 24.3 Å². The van der Waals surface area contributed by atoms with Gasteiger partial charge < -0.3 is 19.7 Å². The quantitative estimate of drug-likeness (QED) is 0.490. The van der Waals surface area contributed by atoms with Crippen LogP contribution >= 0.6 is 0 Å². The van der Waals surface area contributed by atoms with Gasteiger partial charge >= 0.3 is 11.7 Å². The van der Waals surface area contributed by atoms with Crippen LogP contribution in [-0.2, 0) is 13.1 Å². The number of imidazole rings is 1. The van der Waals surface area contributed by atoms with Gasteiger partial charge in [0.15, 0.2) is 5.65 Å². The summed E-state index contributed by atoms with van der Waals surface area (Å²) in [5.41, 5.74) is 1.43. The molecule has 1 atom stereocenters. The Hall–Kier alpha value is -2.91. The van der Waals surface area contributed by atoms with Crippen molar-refractivity contribution >= 4 is 11.2 Å². The van der Waals surface area contributed by atoms with Crippen molar-refractivity contribution in [2.75, 3.05) is 20.3 Å². The molecule has 0 unspecified atom stereocenters. The number of benzene rings is 1. The Labute approximate surface area is 168 Å². The summed E-state index contributed by atoms with van der Waals surface area (Å²) in [6, 6.07) is 7.59. The van der Waals surface area contributed by atoms with Gasteiger partial charge in [-0.1, -0.05) is 25.5 Å². The lowest BCUT2D eigenvalue weighted by atomic mass is 10.2. The topological polar surface area (TPSA) is 112 Å². The zero-order valence-electron chi connectivity index (χ0n) is 16.6. The van der Waals surface area contributed by atoms with E-state index in [0.29, 0.717) is 17.8 Å². The second-order valence-corrected chi connectivity index (χ2v) is 6.73. The highest BCUT2D eigenvalue weighted by molar-refractivity contribution is 5.71. The molecule has 9 heteroatoms. The van der Waals surface area contributed by atoms with Crippen LogP contribution in [0.5, 0.6) is 11.8 Å². The first kappa shape index (κ1) is 20.8. The summed E-state index contributed by atoms with van der Waals surface area (Å²) in [7, 11) is 1.59. The molecule has 0 amide bonds. The Morgan fingerprint density at radius 2 is 1.97 bits per heavy atom. The van der Waals surface area contributed by atoms with E-state index < -0.39 is 12.7 Å². The van der Waals surface area contributed by atoms with Gasteiger partial charge in [0.25, 0.3) is 0 Å². The van der Waals surface area contributed by atoms with Crippen molar-refractivity contribution in [3.63, 3.8) is 0 Å². The Balaban J connectivity index is 2.02. The molecule has 1 aromatic carbocycles. The molecule has 2 heterocycles. The standard InChI is InChI=1S/C20H26N4O5/c1-3-4-9-29-19-21-10-17-18(22-19)24(20(27)23(17)12-15(26)13-25)11-14-5-7-16(28-2)8-6-14/h5-8,10,15,25-26H,3-4,9,11-13H2,1-2H3/t15-/m0/s1. The summed E-state index contributed by atoms with van der Waals surface area (Å²) in [6.07, 6.45) is 2.32. The summed E-state index contributed by atoms with van der Waals surface area (Å²) in [5.74, 6) is 0.725. The molecule has 0 spiro atoms. The van der Waals surface area contributed by atoms with Crippen molar-refractivity contribution < 1.29 is 19.7 Å². The molecule has 156 valence electrons. The maximum absolute atomic E-state index is 13.0. The average molecular weight is 402 g/mol. The predicted molar refractivity (Wildman–Crippen MR) is 107 cm³/mol. The van der Waals surface area contributed by atoms with E-state index in [1.54, 1.807) is 7.11 Å². The fraction of sp³-hybridized carbons (Fsp3) is 0.450. The van der Waals surface area contributed by atoms with E-state index in [2.05, 4.69) is 16.9 Å². The second-order valence-electron chi connectivity index (χ2n) is 6.73. The van der Waals surface area contributed by atoms with Crippen LogP contribution in [0.3, 0.4) is 0 Å². The molecule has 2 N–H and O–H groups in total. The summed E-state index contributed by atoms with van der Waals surface area (Å²) in [4.78, 5) is 21.7. The molecule has 0 aliphatic rings. The molecule has 0 saturated heterocycles. The van der Waals surface area contributed by atoms with Gasteiger partial charge in [-0.25, -0.2) is 9.78 Å². The minimum absolute atomic E-state index is 0.0547. The fourth-order valence-corrected chi connectivity index (χ4v) is 2.96. The van der Waals surface area contributed by atoms with Gasteiger partial charge in [0.05, 0.1) is 45.7 Å². The second kappa shape index (κ2) is 9.53. The third-order valence-electron chi connectivity index (χ3n) is 4.57. The van der Waals surface area contributed by atoms with Crippen molar-refractivity contribution in [3.8, 4) is 11.8 Å². The van der Waals surface area contributed by atoms with Crippen LogP contribution in [0.1, 0.15) is 25.3 Å². The number of fused-ring (bicyclic) bond motifs is 1. The lowest BCUT2D eigenvalue weighted by molar-refractivity contribution is 0.0812. The van der Waals surface area contributed by atoms with E-state index in [0.717, 1.165) is 24.2 Å². The van der Waals surface area contributed by atoms with Crippen molar-refractivity contribution in [3.05, 3.63) is 46.5 Å². The number of hydrogen-bond acceptors (Lipinski definition) is 7. The number of aliphatic hydroxyl groups is 2. The fourth-order valence-electron chi connectivity index (χ4n) is 2.96. The molecule has 0 aliphatic carbocycles. The minimum atomic E-state index is -1.06. The van der Waals surface area contributed by atoms with Crippen molar-refractivity contribution in [1.82, 2.24) is 19.1 Å². The van der Waals surface area contributed by atoms with Crippen molar-refractivity contribution in [2.45, 2.75) is 39.0 Å². The average Bonchev–Trinajstić information content (AvgIpc) is 2.99. The van der Waals surface area contributed by atoms with Crippen LogP contribution in [0.15, 0.2) is 35.3 Å². The maximum atomic E-state index is 13.0. The number of aromatic nitrogens is 4. The molecule has 0 saturated carbocycles. The van der Waals surface area contributed by atoms with E-state index in [4.69, 9.17) is 9.47 Å². The first-order chi connectivity index (χ1) is 14.1. The van der Waals surface area contributed by atoms with Gasteiger partial charge in [0.2, 0.25) is 0 Å². The normalized spacial score (nSPS) is 12.3. The molecule has 0 fully saturated rings. The number of aliphatic hydroxyl groups excluding tert-OH is 2. The third-order valence-corrected chi connectivity index (χ3v) is 4.57. The molecule has 0 bridgehead atoms. The van der Waals surface area contributed by atoms with Gasteiger partial charge in [-0.15, -0.1) is 0 Å². The summed E-state index contributed by atoms with van der Waals surface area (Å²) in [6.45, 7) is 2.34. The number of nitrogens with zero attached hydrogens (tertiary/aromatic N) is 4. The minimum Gasteiger partial charge on any atom is -0.497 e. The Morgan fingerprint density at radius 1 is 1.21 bits per heavy atom. The summed E-state index contributed by atoms with van der Waals surface area (Å²) in [5, 5.41) is 19.0. The van der Waals surface area contributed by atoms with E-state index >= 15 is 0 Å². The Kier molecular flexibility index (Phi) is 6.84. The number of ether oxygens (including phenoxy) is 2. The highest BCUT2D eigenvalue weighted by atomic mass is 16.5. The monoisotopic (exact) mass is 402 g/mol. The van der Waals surface area contributed by atoms with Crippen LogP contribution < -0.4 is 15.2 Å². The Morgan fingerprint density at radius 3 is 2.62 bits per heavy atom. The van der Waals surface area contributed by atoms with Crippen molar-refractivity contribution in [2.24, 2.45) is 0 Å². The lowest BCUT2D eigenvalue weighted by Crippen LogP contribution is -2.30. The van der Waals surface area contributed by atoms with Crippen LogP contribution in [0.25, 0.3) is 11.2 Å².